The van der Waals surface area contributed by atoms with Gasteiger partial charge in [-0.05, 0) is 45.6 Å². The molecule has 1 saturated heterocycles. The number of carbonyl (C=O) groups excluding carboxylic acids is 1. The molecule has 6 heteroatoms. The third-order valence-electron chi connectivity index (χ3n) is 4.74. The maximum atomic E-state index is 12.0. The summed E-state index contributed by atoms with van der Waals surface area (Å²) in [6.07, 6.45) is 6.16. The Bertz CT molecular complexity index is 304. The SMILES string of the molecule is CC1CC(NC(=O)C[C@@H]2CCC[C@H]2N)CCN1C.Cl.Cl. The summed E-state index contributed by atoms with van der Waals surface area (Å²) in [6, 6.07) is 1.17. The topological polar surface area (TPSA) is 58.4 Å². The van der Waals surface area contributed by atoms with Crippen molar-refractivity contribution in [3.8, 4) is 0 Å². The summed E-state index contributed by atoms with van der Waals surface area (Å²) >= 11 is 0. The van der Waals surface area contributed by atoms with Crippen molar-refractivity contribution in [2.75, 3.05) is 13.6 Å². The Morgan fingerprint density at radius 2 is 2.00 bits per heavy atom. The van der Waals surface area contributed by atoms with E-state index in [1.54, 1.807) is 0 Å². The van der Waals surface area contributed by atoms with E-state index in [9.17, 15) is 4.79 Å². The van der Waals surface area contributed by atoms with Gasteiger partial charge in [0, 0.05) is 31.1 Å². The van der Waals surface area contributed by atoms with E-state index in [4.69, 9.17) is 5.73 Å². The van der Waals surface area contributed by atoms with Gasteiger partial charge in [0.25, 0.3) is 0 Å². The number of amides is 1. The lowest BCUT2D eigenvalue weighted by atomic mass is 9.96. The molecule has 0 spiro atoms. The number of piperidine rings is 1. The summed E-state index contributed by atoms with van der Waals surface area (Å²) in [6.45, 7) is 3.31. The van der Waals surface area contributed by atoms with Crippen molar-refractivity contribution >= 4 is 30.7 Å². The molecule has 0 aromatic heterocycles. The average molecular weight is 326 g/mol. The minimum Gasteiger partial charge on any atom is -0.353 e. The molecule has 2 fully saturated rings. The Morgan fingerprint density at radius 3 is 2.55 bits per heavy atom. The highest BCUT2D eigenvalue weighted by molar-refractivity contribution is 5.85. The van der Waals surface area contributed by atoms with Gasteiger partial charge >= 0.3 is 0 Å². The molecule has 4 atom stereocenters. The van der Waals surface area contributed by atoms with Gasteiger partial charge in [0.2, 0.25) is 5.91 Å². The second-order valence-corrected chi connectivity index (χ2v) is 6.18. The number of hydrogen-bond donors (Lipinski definition) is 2. The molecular formula is C14H29Cl2N3O. The van der Waals surface area contributed by atoms with Gasteiger partial charge in [-0.25, -0.2) is 0 Å². The first-order valence-electron chi connectivity index (χ1n) is 7.31. The van der Waals surface area contributed by atoms with Crippen LogP contribution in [0.4, 0.5) is 0 Å². The fraction of sp³-hybridized carbons (Fsp3) is 0.929. The Morgan fingerprint density at radius 1 is 1.30 bits per heavy atom. The third-order valence-corrected chi connectivity index (χ3v) is 4.74. The molecule has 1 heterocycles. The van der Waals surface area contributed by atoms with Crippen LogP contribution in [0.3, 0.4) is 0 Å². The predicted octanol–water partition coefficient (Wildman–Crippen LogP) is 1.95. The van der Waals surface area contributed by atoms with Crippen LogP contribution in [0.2, 0.25) is 0 Å². The maximum absolute atomic E-state index is 12.0. The average Bonchev–Trinajstić information content (AvgIpc) is 2.70. The number of rotatable bonds is 3. The van der Waals surface area contributed by atoms with Crippen LogP contribution in [0, 0.1) is 5.92 Å². The zero-order chi connectivity index (χ0) is 13.1. The monoisotopic (exact) mass is 325 g/mol. The second-order valence-electron chi connectivity index (χ2n) is 6.18. The standard InChI is InChI=1S/C14H27N3O.2ClH/c1-10-8-12(6-7-17(10)2)16-14(18)9-11-4-3-5-13(11)15;;/h10-13H,3-9,15H2,1-2H3,(H,16,18);2*1H/t10?,11-,12?,13+;;/m0../s1. The highest BCUT2D eigenvalue weighted by atomic mass is 35.5. The van der Waals surface area contributed by atoms with Crippen molar-refractivity contribution in [3.63, 3.8) is 0 Å². The molecule has 1 aliphatic heterocycles. The molecule has 2 unspecified atom stereocenters. The van der Waals surface area contributed by atoms with Gasteiger partial charge in [-0.3, -0.25) is 4.79 Å². The minimum atomic E-state index is 0. The van der Waals surface area contributed by atoms with E-state index in [2.05, 4.69) is 24.2 Å². The molecule has 1 saturated carbocycles. The Labute approximate surface area is 135 Å². The Balaban J connectivity index is 0.00000180. The molecule has 3 N–H and O–H groups in total. The first-order valence-corrected chi connectivity index (χ1v) is 7.31. The fourth-order valence-corrected chi connectivity index (χ4v) is 3.26. The molecule has 120 valence electrons. The number of likely N-dealkylation sites (tertiary alicyclic amines) is 1. The number of nitrogens with one attached hydrogen (secondary N) is 1. The van der Waals surface area contributed by atoms with Crippen molar-refractivity contribution in [2.45, 2.75) is 63.6 Å². The molecule has 20 heavy (non-hydrogen) atoms. The summed E-state index contributed by atoms with van der Waals surface area (Å²) in [5, 5.41) is 3.20. The van der Waals surface area contributed by atoms with Crippen LogP contribution >= 0.6 is 24.8 Å². The summed E-state index contributed by atoms with van der Waals surface area (Å²) in [4.78, 5) is 14.4. The highest BCUT2D eigenvalue weighted by Crippen LogP contribution is 2.27. The zero-order valence-electron chi connectivity index (χ0n) is 12.5. The quantitative estimate of drug-likeness (QED) is 0.833. The van der Waals surface area contributed by atoms with Gasteiger partial charge in [0.15, 0.2) is 0 Å². The van der Waals surface area contributed by atoms with Crippen LogP contribution in [0.15, 0.2) is 0 Å². The van der Waals surface area contributed by atoms with Crippen molar-refractivity contribution < 1.29 is 4.79 Å². The number of nitrogens with zero attached hydrogens (tertiary/aromatic N) is 1. The molecule has 2 aliphatic rings. The number of carbonyl (C=O) groups is 1. The molecule has 0 radical (unpaired) electrons. The normalized spacial score (nSPS) is 34.0. The van der Waals surface area contributed by atoms with E-state index in [0.717, 1.165) is 32.2 Å². The molecular weight excluding hydrogens is 297 g/mol. The largest absolute Gasteiger partial charge is 0.353 e. The molecule has 0 aromatic rings. The summed E-state index contributed by atoms with van der Waals surface area (Å²) in [5.41, 5.74) is 6.01. The van der Waals surface area contributed by atoms with Crippen molar-refractivity contribution in [1.29, 1.82) is 0 Å². The summed E-state index contributed by atoms with van der Waals surface area (Å²) in [7, 11) is 2.15. The smallest absolute Gasteiger partial charge is 0.220 e. The van der Waals surface area contributed by atoms with E-state index in [-0.39, 0.29) is 36.8 Å². The molecule has 4 nitrogen and oxygen atoms in total. The van der Waals surface area contributed by atoms with Crippen LogP contribution < -0.4 is 11.1 Å². The van der Waals surface area contributed by atoms with E-state index >= 15 is 0 Å². The van der Waals surface area contributed by atoms with Gasteiger partial charge in [-0.15, -0.1) is 24.8 Å². The van der Waals surface area contributed by atoms with Crippen LogP contribution in [0.25, 0.3) is 0 Å². The molecule has 1 aliphatic carbocycles. The minimum absolute atomic E-state index is 0. The number of nitrogens with two attached hydrogens (primary N) is 1. The molecule has 0 aromatic carbocycles. The fourth-order valence-electron chi connectivity index (χ4n) is 3.26. The molecule has 1 amide bonds. The molecule has 2 rings (SSSR count). The highest BCUT2D eigenvalue weighted by Gasteiger charge is 2.28. The van der Waals surface area contributed by atoms with E-state index in [0.29, 0.717) is 24.4 Å². The second kappa shape index (κ2) is 9.08. The summed E-state index contributed by atoms with van der Waals surface area (Å²) in [5.74, 6) is 0.618. The lowest BCUT2D eigenvalue weighted by molar-refractivity contribution is -0.123. The lowest BCUT2D eigenvalue weighted by Gasteiger charge is -2.35. The summed E-state index contributed by atoms with van der Waals surface area (Å²) < 4.78 is 0. The van der Waals surface area contributed by atoms with Gasteiger partial charge in [0.1, 0.15) is 0 Å². The van der Waals surface area contributed by atoms with Crippen LogP contribution in [0.5, 0.6) is 0 Å². The number of halogens is 2. The van der Waals surface area contributed by atoms with Crippen molar-refractivity contribution in [1.82, 2.24) is 10.2 Å². The Hall–Kier alpha value is -0.0300. The van der Waals surface area contributed by atoms with Gasteiger partial charge in [-0.1, -0.05) is 6.42 Å². The van der Waals surface area contributed by atoms with Crippen molar-refractivity contribution in [3.05, 3.63) is 0 Å². The maximum Gasteiger partial charge on any atom is 0.220 e. The Kier molecular flexibility index (Phi) is 9.07. The van der Waals surface area contributed by atoms with Crippen LogP contribution in [0.1, 0.15) is 45.4 Å². The first-order chi connectivity index (χ1) is 8.56. The van der Waals surface area contributed by atoms with E-state index in [1.165, 1.54) is 6.42 Å². The van der Waals surface area contributed by atoms with Gasteiger partial charge < -0.3 is 16.0 Å². The van der Waals surface area contributed by atoms with Crippen LogP contribution in [-0.4, -0.2) is 42.5 Å². The van der Waals surface area contributed by atoms with E-state index in [1.807, 2.05) is 0 Å². The number of hydrogen-bond acceptors (Lipinski definition) is 3. The van der Waals surface area contributed by atoms with Crippen LogP contribution in [-0.2, 0) is 4.79 Å². The lowest BCUT2D eigenvalue weighted by Crippen LogP contribution is -2.47. The zero-order valence-corrected chi connectivity index (χ0v) is 14.1. The van der Waals surface area contributed by atoms with E-state index < -0.39 is 0 Å². The van der Waals surface area contributed by atoms with Crippen molar-refractivity contribution in [2.24, 2.45) is 11.7 Å². The predicted molar refractivity (Wildman–Crippen MR) is 87.7 cm³/mol. The van der Waals surface area contributed by atoms with Gasteiger partial charge in [0.05, 0.1) is 0 Å². The third kappa shape index (κ3) is 5.40. The molecule has 0 bridgehead atoms. The first kappa shape index (κ1) is 20.0. The van der Waals surface area contributed by atoms with Gasteiger partial charge in [-0.2, -0.15) is 0 Å².